The first kappa shape index (κ1) is 15.6. The maximum Gasteiger partial charge on any atom is 0.152 e. The van der Waals surface area contributed by atoms with Gasteiger partial charge < -0.3 is 9.90 Å². The molecule has 0 aliphatic carbocycles. The summed E-state index contributed by atoms with van der Waals surface area (Å²) in [6.45, 7) is 0. The lowest BCUT2D eigenvalue weighted by Crippen LogP contribution is -2.28. The molecule has 0 saturated heterocycles. The number of carbonyl (C=O) groups is 1. The smallest absolute Gasteiger partial charge is 0.152 e. The van der Waals surface area contributed by atoms with Crippen LogP contribution in [0.4, 0.5) is 0 Å². The number of halogens is 2. The van der Waals surface area contributed by atoms with E-state index in [9.17, 15) is 9.90 Å². The van der Waals surface area contributed by atoms with Gasteiger partial charge in [-0.05, 0) is 29.8 Å². The van der Waals surface area contributed by atoms with Crippen molar-refractivity contribution in [3.63, 3.8) is 0 Å². The Labute approximate surface area is 144 Å². The monoisotopic (exact) mass is 368 g/mol. The second-order valence-corrected chi connectivity index (χ2v) is 7.66. The van der Waals surface area contributed by atoms with E-state index in [-0.39, 0.29) is 0 Å². The van der Waals surface area contributed by atoms with Crippen LogP contribution >= 0.6 is 46.3 Å². The number of carboxylic acids is 1. The van der Waals surface area contributed by atoms with Gasteiger partial charge in [0.05, 0.1) is 21.4 Å². The molecule has 7 heteroatoms. The molecule has 0 aliphatic heterocycles. The Balaban J connectivity index is 1.96. The second-order valence-electron chi connectivity index (χ2n) is 4.43. The first-order chi connectivity index (χ1) is 10.5. The largest absolute Gasteiger partial charge is 0.549 e. The standard InChI is InChI=1S/C15H9Cl2NO2S2/c16-8-5-6-9(10(17)7-8)13(14(19)20)22-15-18-11-3-1-2-4-12(11)21-15/h1-7,13H,(H,19,20)/p-1. The average molecular weight is 369 g/mol. The number of hydrogen-bond donors (Lipinski definition) is 0. The van der Waals surface area contributed by atoms with Crippen LogP contribution in [-0.2, 0) is 4.79 Å². The van der Waals surface area contributed by atoms with Crippen molar-refractivity contribution in [1.82, 2.24) is 4.98 Å². The third-order valence-corrected chi connectivity index (χ3v) is 5.86. The predicted molar refractivity (Wildman–Crippen MR) is 89.7 cm³/mol. The molecule has 0 fully saturated rings. The minimum Gasteiger partial charge on any atom is -0.549 e. The Kier molecular flexibility index (Phi) is 4.59. The number of aromatic nitrogens is 1. The zero-order valence-electron chi connectivity index (χ0n) is 11.0. The summed E-state index contributed by atoms with van der Waals surface area (Å²) >= 11 is 14.5. The van der Waals surface area contributed by atoms with Gasteiger partial charge in [-0.1, -0.05) is 53.2 Å². The minimum absolute atomic E-state index is 0.301. The van der Waals surface area contributed by atoms with Crippen molar-refractivity contribution in [2.45, 2.75) is 9.59 Å². The molecule has 0 saturated carbocycles. The van der Waals surface area contributed by atoms with E-state index in [2.05, 4.69) is 4.98 Å². The fraction of sp³-hybridized carbons (Fsp3) is 0.0667. The van der Waals surface area contributed by atoms with Gasteiger partial charge in [-0.25, -0.2) is 4.98 Å². The summed E-state index contributed by atoms with van der Waals surface area (Å²) < 4.78 is 1.66. The highest BCUT2D eigenvalue weighted by Gasteiger charge is 2.20. The number of thioether (sulfide) groups is 1. The highest BCUT2D eigenvalue weighted by molar-refractivity contribution is 8.02. The molecule has 1 atom stereocenters. The lowest BCUT2D eigenvalue weighted by atomic mass is 10.1. The van der Waals surface area contributed by atoms with E-state index < -0.39 is 11.2 Å². The molecule has 0 aliphatic rings. The SMILES string of the molecule is O=C([O-])C(Sc1nc2ccccc2s1)c1ccc(Cl)cc1Cl. The number of hydrogen-bond acceptors (Lipinski definition) is 5. The molecular weight excluding hydrogens is 361 g/mol. The van der Waals surface area contributed by atoms with E-state index in [1.54, 1.807) is 12.1 Å². The molecule has 22 heavy (non-hydrogen) atoms. The Hall–Kier alpha value is -1.27. The molecule has 3 nitrogen and oxygen atoms in total. The van der Waals surface area contributed by atoms with Crippen LogP contribution in [-0.4, -0.2) is 11.0 Å². The van der Waals surface area contributed by atoms with Gasteiger partial charge in [0.25, 0.3) is 0 Å². The molecule has 1 aromatic heterocycles. The van der Waals surface area contributed by atoms with Crippen molar-refractivity contribution < 1.29 is 9.90 Å². The Morgan fingerprint density at radius 2 is 2.00 bits per heavy atom. The summed E-state index contributed by atoms with van der Waals surface area (Å²) in [6.07, 6.45) is 0. The lowest BCUT2D eigenvalue weighted by Gasteiger charge is -2.18. The molecule has 0 amide bonds. The van der Waals surface area contributed by atoms with E-state index in [1.807, 2.05) is 24.3 Å². The van der Waals surface area contributed by atoms with Gasteiger partial charge in [-0.2, -0.15) is 0 Å². The van der Waals surface area contributed by atoms with E-state index in [0.717, 1.165) is 22.0 Å². The van der Waals surface area contributed by atoms with Crippen LogP contribution in [0.3, 0.4) is 0 Å². The van der Waals surface area contributed by atoms with Crippen molar-refractivity contribution in [3.8, 4) is 0 Å². The van der Waals surface area contributed by atoms with Crippen LogP contribution in [0.25, 0.3) is 10.2 Å². The van der Waals surface area contributed by atoms with E-state index in [1.165, 1.54) is 17.4 Å². The number of aliphatic carboxylic acids is 1. The molecule has 112 valence electrons. The van der Waals surface area contributed by atoms with Crippen molar-refractivity contribution in [3.05, 3.63) is 58.1 Å². The molecule has 1 heterocycles. The predicted octanol–water partition coefficient (Wildman–Crippen LogP) is 4.19. The van der Waals surface area contributed by atoms with Crippen LogP contribution in [0.1, 0.15) is 10.8 Å². The quantitative estimate of drug-likeness (QED) is 0.648. The summed E-state index contributed by atoms with van der Waals surface area (Å²) in [5.74, 6) is -1.21. The molecular formula is C15H8Cl2NO2S2-. The van der Waals surface area contributed by atoms with Gasteiger partial charge in [0.15, 0.2) is 4.34 Å². The van der Waals surface area contributed by atoms with Crippen molar-refractivity contribution in [2.75, 3.05) is 0 Å². The number of carboxylic acid groups (broad SMARTS) is 1. The second kappa shape index (κ2) is 6.46. The number of carbonyl (C=O) groups excluding carboxylic acids is 1. The fourth-order valence-corrected chi connectivity index (χ4v) is 4.77. The topological polar surface area (TPSA) is 53.0 Å². The average Bonchev–Trinajstić information content (AvgIpc) is 2.87. The maximum atomic E-state index is 11.5. The fourth-order valence-electron chi connectivity index (χ4n) is 1.95. The van der Waals surface area contributed by atoms with Crippen LogP contribution in [0, 0.1) is 0 Å². The molecule has 0 bridgehead atoms. The third kappa shape index (κ3) is 3.22. The third-order valence-electron chi connectivity index (χ3n) is 2.95. The number of benzene rings is 2. The number of fused-ring (bicyclic) bond motifs is 1. The zero-order valence-corrected chi connectivity index (χ0v) is 14.1. The van der Waals surface area contributed by atoms with Gasteiger partial charge >= 0.3 is 0 Å². The van der Waals surface area contributed by atoms with Crippen molar-refractivity contribution in [1.29, 1.82) is 0 Å². The summed E-state index contributed by atoms with van der Waals surface area (Å²) in [5, 5.41) is 11.3. The van der Waals surface area contributed by atoms with Gasteiger partial charge in [-0.3, -0.25) is 0 Å². The number of nitrogens with zero attached hydrogens (tertiary/aromatic N) is 1. The van der Waals surface area contributed by atoms with Crippen molar-refractivity contribution in [2.24, 2.45) is 0 Å². The highest BCUT2D eigenvalue weighted by Crippen LogP contribution is 2.41. The van der Waals surface area contributed by atoms with Crippen molar-refractivity contribution >= 4 is 62.5 Å². The molecule has 2 aromatic carbocycles. The first-order valence-corrected chi connectivity index (χ1v) is 8.68. The van der Waals surface area contributed by atoms with Gasteiger partial charge in [-0.15, -0.1) is 11.3 Å². The number of thiazole rings is 1. The number of rotatable bonds is 4. The van der Waals surface area contributed by atoms with Crippen LogP contribution in [0.2, 0.25) is 10.0 Å². The van der Waals surface area contributed by atoms with Crippen LogP contribution < -0.4 is 5.11 Å². The molecule has 1 unspecified atom stereocenters. The van der Waals surface area contributed by atoms with Crippen LogP contribution in [0.5, 0.6) is 0 Å². The van der Waals surface area contributed by atoms with E-state index in [4.69, 9.17) is 23.2 Å². The maximum absolute atomic E-state index is 11.5. The lowest BCUT2D eigenvalue weighted by molar-refractivity contribution is -0.305. The molecule has 3 aromatic rings. The molecule has 0 radical (unpaired) electrons. The van der Waals surface area contributed by atoms with Gasteiger partial charge in [0, 0.05) is 10.0 Å². The van der Waals surface area contributed by atoms with E-state index in [0.29, 0.717) is 19.9 Å². The Morgan fingerprint density at radius 1 is 1.23 bits per heavy atom. The van der Waals surface area contributed by atoms with Gasteiger partial charge in [0.2, 0.25) is 0 Å². The van der Waals surface area contributed by atoms with Crippen LogP contribution in [0.15, 0.2) is 46.8 Å². The molecule has 3 rings (SSSR count). The Morgan fingerprint density at radius 3 is 2.68 bits per heavy atom. The molecule has 0 spiro atoms. The summed E-state index contributed by atoms with van der Waals surface area (Å²) in [7, 11) is 0. The summed E-state index contributed by atoms with van der Waals surface area (Å²) in [5.41, 5.74) is 1.30. The Bertz CT molecular complexity index is 817. The molecule has 0 N–H and O–H groups in total. The van der Waals surface area contributed by atoms with E-state index >= 15 is 0 Å². The van der Waals surface area contributed by atoms with Gasteiger partial charge in [0.1, 0.15) is 0 Å². The first-order valence-electron chi connectivity index (χ1n) is 6.22. The highest BCUT2D eigenvalue weighted by atomic mass is 35.5. The normalized spacial score (nSPS) is 12.5. The summed E-state index contributed by atoms with van der Waals surface area (Å²) in [6, 6.07) is 12.4. The zero-order chi connectivity index (χ0) is 15.7. The minimum atomic E-state index is -1.21. The summed E-state index contributed by atoms with van der Waals surface area (Å²) in [4.78, 5) is 15.9. The number of para-hydroxylation sites is 1.